The first-order chi connectivity index (χ1) is 19.2. The lowest BCUT2D eigenvalue weighted by Crippen LogP contribution is -2.42. The molecule has 0 aliphatic carbocycles. The van der Waals surface area contributed by atoms with Gasteiger partial charge in [0.15, 0.2) is 0 Å². The predicted octanol–water partition coefficient (Wildman–Crippen LogP) is 7.33. The van der Waals surface area contributed by atoms with Gasteiger partial charge in [-0.15, -0.1) is 0 Å². The fourth-order valence-electron chi connectivity index (χ4n) is 5.88. The number of aromatic hydroxyl groups is 1. The van der Waals surface area contributed by atoms with Gasteiger partial charge in [0.1, 0.15) is 11.9 Å². The van der Waals surface area contributed by atoms with Crippen molar-refractivity contribution in [3.05, 3.63) is 138 Å². The van der Waals surface area contributed by atoms with Crippen LogP contribution < -0.4 is 0 Å². The lowest BCUT2D eigenvalue weighted by molar-refractivity contribution is -0.0744. The summed E-state index contributed by atoms with van der Waals surface area (Å²) in [6.45, 7) is 4.84. The van der Waals surface area contributed by atoms with E-state index in [0.717, 1.165) is 42.6 Å². The second-order valence-electron chi connectivity index (χ2n) is 10.5. The van der Waals surface area contributed by atoms with E-state index in [1.807, 2.05) is 24.3 Å². The van der Waals surface area contributed by atoms with Gasteiger partial charge in [-0.2, -0.15) is 0 Å². The third-order valence-corrected chi connectivity index (χ3v) is 7.71. The molecule has 1 saturated heterocycles. The van der Waals surface area contributed by atoms with E-state index in [2.05, 4.69) is 96.8 Å². The summed E-state index contributed by atoms with van der Waals surface area (Å²) < 4.78 is 13.5. The first-order valence-electron chi connectivity index (χ1n) is 14.1. The Bertz CT molecular complexity index is 1260. The molecule has 1 aliphatic rings. The second-order valence-corrected chi connectivity index (χ2v) is 10.5. The largest absolute Gasteiger partial charge is 0.508 e. The van der Waals surface area contributed by atoms with Gasteiger partial charge in [0.05, 0.1) is 19.3 Å². The lowest BCUT2D eigenvalue weighted by atomic mass is 9.84. The third kappa shape index (κ3) is 6.96. The van der Waals surface area contributed by atoms with Crippen molar-refractivity contribution in [1.29, 1.82) is 0 Å². The predicted molar refractivity (Wildman–Crippen MR) is 156 cm³/mol. The van der Waals surface area contributed by atoms with Crippen molar-refractivity contribution in [3.8, 4) is 5.75 Å². The van der Waals surface area contributed by atoms with Gasteiger partial charge in [0.2, 0.25) is 0 Å². The smallest absolute Gasteiger partial charge is 0.119 e. The topological polar surface area (TPSA) is 41.9 Å². The molecule has 1 heterocycles. The quantitative estimate of drug-likeness (QED) is 0.212. The van der Waals surface area contributed by atoms with Crippen LogP contribution in [-0.4, -0.2) is 34.8 Å². The maximum Gasteiger partial charge on any atom is 0.119 e. The molecule has 1 N–H and O–H groups in total. The molecule has 0 aromatic heterocycles. The molecule has 2 unspecified atom stereocenters. The minimum absolute atomic E-state index is 0.0444. The molecule has 4 heteroatoms. The SMILES string of the molecule is CCCC(c1ccccc1O)C1[C@@H](OCc2ccccc2)[C@H](OCc2ccccc2)CN1Cc1ccccc1. The highest BCUT2D eigenvalue weighted by Crippen LogP contribution is 2.41. The van der Waals surface area contributed by atoms with E-state index >= 15 is 0 Å². The van der Waals surface area contributed by atoms with Crippen LogP contribution >= 0.6 is 0 Å². The van der Waals surface area contributed by atoms with Crippen molar-refractivity contribution in [2.75, 3.05) is 6.54 Å². The van der Waals surface area contributed by atoms with Gasteiger partial charge in [0, 0.05) is 25.0 Å². The lowest BCUT2D eigenvalue weighted by Gasteiger charge is -2.36. The molecule has 0 bridgehead atoms. The average Bonchev–Trinajstić information content (AvgIpc) is 3.32. The molecule has 4 atom stereocenters. The van der Waals surface area contributed by atoms with E-state index in [-0.39, 0.29) is 24.2 Å². The van der Waals surface area contributed by atoms with Crippen LogP contribution in [0.15, 0.2) is 115 Å². The highest BCUT2D eigenvalue weighted by atomic mass is 16.5. The zero-order valence-corrected chi connectivity index (χ0v) is 22.7. The van der Waals surface area contributed by atoms with Gasteiger partial charge in [-0.1, -0.05) is 123 Å². The Morgan fingerprint density at radius 2 is 1.26 bits per heavy atom. The number of likely N-dealkylation sites (tertiary alicyclic amines) is 1. The van der Waals surface area contributed by atoms with Crippen LogP contribution in [0.4, 0.5) is 0 Å². The van der Waals surface area contributed by atoms with Crippen molar-refractivity contribution in [1.82, 2.24) is 4.90 Å². The van der Waals surface area contributed by atoms with Gasteiger partial charge in [-0.05, 0) is 34.7 Å². The monoisotopic (exact) mass is 521 g/mol. The van der Waals surface area contributed by atoms with Crippen LogP contribution in [0, 0.1) is 0 Å². The Labute approximate surface area is 232 Å². The summed E-state index contributed by atoms with van der Waals surface area (Å²) >= 11 is 0. The van der Waals surface area contributed by atoms with Crippen molar-refractivity contribution in [2.45, 2.75) is 63.7 Å². The Hall–Kier alpha value is -3.44. The number of phenols is 1. The number of nitrogens with zero attached hydrogens (tertiary/aromatic N) is 1. The number of hydrogen-bond donors (Lipinski definition) is 1. The van der Waals surface area contributed by atoms with Crippen LogP contribution in [0.1, 0.15) is 47.9 Å². The maximum absolute atomic E-state index is 11.0. The summed E-state index contributed by atoms with van der Waals surface area (Å²) in [5, 5.41) is 11.0. The van der Waals surface area contributed by atoms with Crippen molar-refractivity contribution < 1.29 is 14.6 Å². The molecule has 0 radical (unpaired) electrons. The molecular weight excluding hydrogens is 482 g/mol. The van der Waals surface area contributed by atoms with Crippen LogP contribution in [0.2, 0.25) is 0 Å². The summed E-state index contributed by atoms with van der Waals surface area (Å²) in [5.41, 5.74) is 4.55. The van der Waals surface area contributed by atoms with Gasteiger partial charge in [-0.25, -0.2) is 0 Å². The number of ether oxygens (including phenoxy) is 2. The van der Waals surface area contributed by atoms with Crippen LogP contribution in [0.25, 0.3) is 0 Å². The Kier molecular flexibility index (Phi) is 9.44. The molecule has 1 fully saturated rings. The zero-order valence-electron chi connectivity index (χ0n) is 22.7. The van der Waals surface area contributed by atoms with Gasteiger partial charge in [0.25, 0.3) is 0 Å². The van der Waals surface area contributed by atoms with E-state index in [4.69, 9.17) is 9.47 Å². The fraction of sp³-hybridized carbons (Fsp3) is 0.314. The molecule has 0 spiro atoms. The van der Waals surface area contributed by atoms with Crippen molar-refractivity contribution in [3.63, 3.8) is 0 Å². The van der Waals surface area contributed by atoms with Crippen LogP contribution in [0.5, 0.6) is 5.75 Å². The molecule has 39 heavy (non-hydrogen) atoms. The van der Waals surface area contributed by atoms with E-state index in [1.54, 1.807) is 6.07 Å². The molecule has 0 amide bonds. The Morgan fingerprint density at radius 3 is 1.85 bits per heavy atom. The first-order valence-corrected chi connectivity index (χ1v) is 14.1. The Morgan fingerprint density at radius 1 is 0.718 bits per heavy atom. The number of rotatable bonds is 12. The molecule has 202 valence electrons. The van der Waals surface area contributed by atoms with Crippen LogP contribution in [0.3, 0.4) is 0 Å². The highest BCUT2D eigenvalue weighted by molar-refractivity contribution is 5.37. The number of para-hydroxylation sites is 1. The van der Waals surface area contributed by atoms with Gasteiger partial charge < -0.3 is 14.6 Å². The standard InChI is InChI=1S/C35H39NO3/c1-2-14-31(30-21-12-13-22-32(30)37)34-35(39-26-29-19-10-5-11-20-29)33(38-25-28-17-8-4-9-18-28)24-36(34)23-27-15-6-3-7-16-27/h3-13,15-22,31,33-35,37H,2,14,23-26H2,1H3/t31?,33-,34?,35+/m1/s1. The molecule has 0 saturated carbocycles. The maximum atomic E-state index is 11.0. The minimum atomic E-state index is -0.159. The van der Waals surface area contributed by atoms with Crippen molar-refractivity contribution in [2.24, 2.45) is 0 Å². The highest BCUT2D eigenvalue weighted by Gasteiger charge is 2.47. The fourth-order valence-corrected chi connectivity index (χ4v) is 5.88. The average molecular weight is 522 g/mol. The van der Waals surface area contributed by atoms with E-state index in [9.17, 15) is 5.11 Å². The van der Waals surface area contributed by atoms with E-state index in [0.29, 0.717) is 19.0 Å². The molecule has 4 nitrogen and oxygen atoms in total. The zero-order chi connectivity index (χ0) is 26.9. The van der Waals surface area contributed by atoms with Gasteiger partial charge >= 0.3 is 0 Å². The molecular formula is C35H39NO3. The van der Waals surface area contributed by atoms with Crippen molar-refractivity contribution >= 4 is 0 Å². The first kappa shape index (κ1) is 27.1. The molecule has 4 aromatic carbocycles. The third-order valence-electron chi connectivity index (χ3n) is 7.71. The molecule has 5 rings (SSSR count). The molecule has 1 aliphatic heterocycles. The summed E-state index contributed by atoms with van der Waals surface area (Å²) in [4.78, 5) is 2.52. The summed E-state index contributed by atoms with van der Waals surface area (Å²) in [6.07, 6.45) is 1.70. The minimum Gasteiger partial charge on any atom is -0.508 e. The second kappa shape index (κ2) is 13.6. The summed E-state index contributed by atoms with van der Waals surface area (Å²) in [5.74, 6) is 0.456. The summed E-state index contributed by atoms with van der Waals surface area (Å²) in [6, 6.07) is 39.2. The number of phenolic OH excluding ortho intramolecular Hbond substituents is 1. The number of hydrogen-bond acceptors (Lipinski definition) is 4. The van der Waals surface area contributed by atoms with Gasteiger partial charge in [-0.3, -0.25) is 4.90 Å². The normalized spacial score (nSPS) is 20.2. The van der Waals surface area contributed by atoms with Crippen LogP contribution in [-0.2, 0) is 29.2 Å². The number of benzene rings is 4. The summed E-state index contributed by atoms with van der Waals surface area (Å²) in [7, 11) is 0. The molecule has 4 aromatic rings. The van der Waals surface area contributed by atoms with E-state index < -0.39 is 0 Å². The Balaban J connectivity index is 1.50. The van der Waals surface area contributed by atoms with E-state index in [1.165, 1.54) is 5.56 Å².